The molecule has 1 aliphatic heterocycles. The van der Waals surface area contributed by atoms with E-state index in [1.807, 2.05) is 0 Å². The SMILES string of the molecule is O=C(O)Cc1ccc(OCCCC2CC23CCN(c2ncc(Cl)cn2)CC3)cc1F. The molecule has 2 aromatic rings. The van der Waals surface area contributed by atoms with E-state index in [-0.39, 0.29) is 12.0 Å². The fourth-order valence-corrected chi connectivity index (χ4v) is 4.61. The van der Waals surface area contributed by atoms with Gasteiger partial charge in [0, 0.05) is 19.2 Å². The van der Waals surface area contributed by atoms with E-state index in [9.17, 15) is 9.18 Å². The van der Waals surface area contributed by atoms with Gasteiger partial charge in [-0.25, -0.2) is 14.4 Å². The number of aromatic nitrogens is 2. The summed E-state index contributed by atoms with van der Waals surface area (Å²) in [7, 11) is 0. The molecule has 0 bridgehead atoms. The first-order chi connectivity index (χ1) is 14.4. The lowest BCUT2D eigenvalue weighted by molar-refractivity contribution is -0.136. The van der Waals surface area contributed by atoms with Gasteiger partial charge in [-0.2, -0.15) is 0 Å². The van der Waals surface area contributed by atoms with Crippen molar-refractivity contribution in [2.45, 2.75) is 38.5 Å². The van der Waals surface area contributed by atoms with Crippen molar-refractivity contribution in [1.29, 1.82) is 0 Å². The van der Waals surface area contributed by atoms with Gasteiger partial charge in [0.2, 0.25) is 5.95 Å². The normalized spacial score (nSPS) is 19.7. The van der Waals surface area contributed by atoms with E-state index >= 15 is 0 Å². The second kappa shape index (κ2) is 8.76. The Bertz CT molecular complexity index is 901. The minimum atomic E-state index is -1.05. The molecule has 160 valence electrons. The van der Waals surface area contributed by atoms with Gasteiger partial charge in [0.15, 0.2) is 0 Å². The van der Waals surface area contributed by atoms with Crippen LogP contribution in [0.3, 0.4) is 0 Å². The first-order valence-electron chi connectivity index (χ1n) is 10.3. The van der Waals surface area contributed by atoms with Gasteiger partial charge in [-0.3, -0.25) is 4.79 Å². The largest absolute Gasteiger partial charge is 0.493 e. The number of aliphatic carboxylic acids is 1. The Morgan fingerprint density at radius 3 is 2.70 bits per heavy atom. The van der Waals surface area contributed by atoms with Crippen LogP contribution in [0.1, 0.15) is 37.7 Å². The Morgan fingerprint density at radius 2 is 2.03 bits per heavy atom. The molecule has 1 unspecified atom stereocenters. The maximum absolute atomic E-state index is 13.9. The summed E-state index contributed by atoms with van der Waals surface area (Å²) in [6, 6.07) is 4.38. The number of nitrogens with zero attached hydrogens (tertiary/aromatic N) is 3. The molecule has 4 rings (SSSR count). The van der Waals surface area contributed by atoms with Crippen LogP contribution in [-0.4, -0.2) is 40.7 Å². The smallest absolute Gasteiger partial charge is 0.307 e. The average Bonchev–Trinajstić information content (AvgIpc) is 3.40. The van der Waals surface area contributed by atoms with Gasteiger partial charge in [-0.05, 0) is 55.1 Å². The molecule has 0 amide bonds. The Balaban J connectivity index is 1.18. The van der Waals surface area contributed by atoms with Crippen molar-refractivity contribution in [2.75, 3.05) is 24.6 Å². The summed E-state index contributed by atoms with van der Waals surface area (Å²) in [5.41, 5.74) is 0.623. The van der Waals surface area contributed by atoms with E-state index in [0.717, 1.165) is 50.6 Å². The fourth-order valence-electron chi connectivity index (χ4n) is 4.52. The van der Waals surface area contributed by atoms with Gasteiger partial charge in [0.1, 0.15) is 11.6 Å². The molecule has 1 aliphatic carbocycles. The first-order valence-corrected chi connectivity index (χ1v) is 10.7. The molecular formula is C22H25ClFN3O3. The van der Waals surface area contributed by atoms with E-state index in [0.29, 0.717) is 22.8 Å². The lowest BCUT2D eigenvalue weighted by Crippen LogP contribution is -2.36. The summed E-state index contributed by atoms with van der Waals surface area (Å²) < 4.78 is 19.6. The van der Waals surface area contributed by atoms with Gasteiger partial charge in [-0.1, -0.05) is 17.7 Å². The molecule has 30 heavy (non-hydrogen) atoms. The molecule has 8 heteroatoms. The van der Waals surface area contributed by atoms with Crippen LogP contribution in [0, 0.1) is 17.2 Å². The number of carbonyl (C=O) groups is 1. The number of hydrogen-bond acceptors (Lipinski definition) is 5. The summed E-state index contributed by atoms with van der Waals surface area (Å²) >= 11 is 5.86. The summed E-state index contributed by atoms with van der Waals surface area (Å²) in [5, 5.41) is 9.32. The number of rotatable bonds is 8. The Hall–Kier alpha value is -2.41. The third-order valence-electron chi connectivity index (χ3n) is 6.34. The number of ether oxygens (including phenoxy) is 1. The van der Waals surface area contributed by atoms with E-state index in [1.54, 1.807) is 18.5 Å². The van der Waals surface area contributed by atoms with Crippen LogP contribution in [0.4, 0.5) is 10.3 Å². The van der Waals surface area contributed by atoms with E-state index < -0.39 is 11.8 Å². The quantitative estimate of drug-likeness (QED) is 0.623. The van der Waals surface area contributed by atoms with Crippen LogP contribution in [-0.2, 0) is 11.2 Å². The first kappa shape index (κ1) is 20.8. The second-order valence-corrected chi connectivity index (χ2v) is 8.70. The van der Waals surface area contributed by atoms with E-state index in [2.05, 4.69) is 14.9 Å². The average molecular weight is 434 g/mol. The summed E-state index contributed by atoms with van der Waals surface area (Å²) in [4.78, 5) is 21.6. The van der Waals surface area contributed by atoms with Crippen LogP contribution in [0.2, 0.25) is 5.02 Å². The molecule has 0 radical (unpaired) electrons. The number of carboxylic acid groups (broad SMARTS) is 1. The lowest BCUT2D eigenvalue weighted by atomic mass is 9.90. The third kappa shape index (κ3) is 4.83. The van der Waals surface area contributed by atoms with Gasteiger partial charge in [0.05, 0.1) is 30.4 Å². The zero-order valence-corrected chi connectivity index (χ0v) is 17.4. The van der Waals surface area contributed by atoms with Gasteiger partial charge in [-0.15, -0.1) is 0 Å². The lowest BCUT2D eigenvalue weighted by Gasteiger charge is -2.33. The van der Waals surface area contributed by atoms with Gasteiger partial charge < -0.3 is 14.7 Å². The number of piperidine rings is 1. The maximum atomic E-state index is 13.9. The molecule has 1 saturated carbocycles. The monoisotopic (exact) mass is 433 g/mol. The Labute approximate surface area is 180 Å². The Kier molecular flexibility index (Phi) is 6.09. The van der Waals surface area contributed by atoms with Crippen molar-refractivity contribution >= 4 is 23.5 Å². The molecule has 1 saturated heterocycles. The van der Waals surface area contributed by atoms with Crippen LogP contribution in [0.5, 0.6) is 5.75 Å². The summed E-state index contributed by atoms with van der Waals surface area (Å²) in [6.07, 6.45) is 8.56. The molecule has 1 aromatic carbocycles. The number of halogens is 2. The number of anilines is 1. The summed E-state index contributed by atoms with van der Waals surface area (Å²) in [5.74, 6) is 0.342. The molecule has 1 aromatic heterocycles. The van der Waals surface area contributed by atoms with Gasteiger partial charge >= 0.3 is 5.97 Å². The van der Waals surface area contributed by atoms with Crippen LogP contribution in [0.25, 0.3) is 0 Å². The van der Waals surface area contributed by atoms with Crippen molar-refractivity contribution in [2.24, 2.45) is 11.3 Å². The standard InChI is InChI=1S/C22H25ClFN3O3/c23-17-13-25-21(26-14-17)27-7-5-22(6-8-27)12-16(22)2-1-9-30-18-4-3-15(10-20(28)29)19(24)11-18/h3-4,11,13-14,16H,1-2,5-10,12H2,(H,28,29). The highest BCUT2D eigenvalue weighted by atomic mass is 35.5. The molecule has 2 heterocycles. The van der Waals surface area contributed by atoms with Crippen LogP contribution < -0.4 is 9.64 Å². The van der Waals surface area contributed by atoms with E-state index in [4.69, 9.17) is 21.4 Å². The molecule has 1 spiro atoms. The number of hydrogen-bond donors (Lipinski definition) is 1. The van der Waals surface area contributed by atoms with Crippen LogP contribution >= 0.6 is 11.6 Å². The number of benzene rings is 1. The zero-order chi connectivity index (χ0) is 21.1. The maximum Gasteiger partial charge on any atom is 0.307 e. The topological polar surface area (TPSA) is 75.6 Å². The Morgan fingerprint density at radius 1 is 1.30 bits per heavy atom. The molecule has 2 aliphatic rings. The minimum absolute atomic E-state index is 0.171. The second-order valence-electron chi connectivity index (χ2n) is 8.27. The van der Waals surface area contributed by atoms with E-state index in [1.165, 1.54) is 18.6 Å². The highest BCUT2D eigenvalue weighted by Crippen LogP contribution is 2.61. The van der Waals surface area contributed by atoms with Crippen molar-refractivity contribution in [1.82, 2.24) is 9.97 Å². The minimum Gasteiger partial charge on any atom is -0.493 e. The van der Waals surface area contributed by atoms with Crippen molar-refractivity contribution < 1.29 is 19.0 Å². The van der Waals surface area contributed by atoms with Crippen molar-refractivity contribution in [3.8, 4) is 5.75 Å². The highest BCUT2D eigenvalue weighted by Gasteiger charge is 2.54. The predicted molar refractivity (Wildman–Crippen MR) is 111 cm³/mol. The third-order valence-corrected chi connectivity index (χ3v) is 6.53. The predicted octanol–water partition coefficient (Wildman–Crippen LogP) is 4.36. The molecule has 1 atom stereocenters. The van der Waals surface area contributed by atoms with Crippen LogP contribution in [0.15, 0.2) is 30.6 Å². The molecular weight excluding hydrogens is 409 g/mol. The van der Waals surface area contributed by atoms with Gasteiger partial charge in [0.25, 0.3) is 0 Å². The van der Waals surface area contributed by atoms with Crippen molar-refractivity contribution in [3.05, 3.63) is 47.0 Å². The summed E-state index contributed by atoms with van der Waals surface area (Å²) in [6.45, 7) is 2.47. The fraction of sp³-hybridized carbons (Fsp3) is 0.500. The molecule has 2 fully saturated rings. The molecule has 1 N–H and O–H groups in total. The highest BCUT2D eigenvalue weighted by molar-refractivity contribution is 6.30. The molecule has 6 nitrogen and oxygen atoms in total. The zero-order valence-electron chi connectivity index (χ0n) is 16.7. The van der Waals surface area contributed by atoms with Crippen molar-refractivity contribution in [3.63, 3.8) is 0 Å². The number of carboxylic acids is 1.